The number of likely N-dealkylation sites (N-methyl/N-ethyl adjacent to an activating group) is 1. The van der Waals surface area contributed by atoms with Gasteiger partial charge in [0.2, 0.25) is 0 Å². The Hall–Kier alpha value is -0.160. The van der Waals surface area contributed by atoms with Crippen LogP contribution in [0.2, 0.25) is 0 Å². The summed E-state index contributed by atoms with van der Waals surface area (Å²) in [5.74, 6) is 0.494. The van der Waals surface area contributed by atoms with Crippen LogP contribution < -0.4 is 0 Å². The first-order valence-corrected chi connectivity index (χ1v) is 6.74. The van der Waals surface area contributed by atoms with E-state index in [4.69, 9.17) is 9.84 Å². The highest BCUT2D eigenvalue weighted by molar-refractivity contribution is 4.79. The first-order chi connectivity index (χ1) is 8.17. The van der Waals surface area contributed by atoms with E-state index in [1.807, 2.05) is 6.92 Å². The van der Waals surface area contributed by atoms with Crippen molar-refractivity contribution in [1.82, 2.24) is 4.90 Å². The molecule has 1 saturated carbocycles. The van der Waals surface area contributed by atoms with E-state index in [0.717, 1.165) is 25.7 Å². The van der Waals surface area contributed by atoms with E-state index < -0.39 is 6.10 Å². The summed E-state index contributed by atoms with van der Waals surface area (Å²) in [6.45, 7) is 4.01. The Bertz CT molecular complexity index is 193. The van der Waals surface area contributed by atoms with Crippen molar-refractivity contribution in [1.29, 1.82) is 0 Å². The van der Waals surface area contributed by atoms with Crippen LogP contribution in [0, 0.1) is 5.92 Å². The maximum Gasteiger partial charge on any atom is 0.0900 e. The van der Waals surface area contributed by atoms with Gasteiger partial charge in [-0.2, -0.15) is 0 Å². The summed E-state index contributed by atoms with van der Waals surface area (Å²) in [5.41, 5.74) is 0. The van der Waals surface area contributed by atoms with Crippen molar-refractivity contribution in [2.45, 2.75) is 44.8 Å². The van der Waals surface area contributed by atoms with E-state index >= 15 is 0 Å². The summed E-state index contributed by atoms with van der Waals surface area (Å²) in [6.07, 6.45) is 4.07. The van der Waals surface area contributed by atoms with Gasteiger partial charge in [-0.15, -0.1) is 0 Å². The summed E-state index contributed by atoms with van der Waals surface area (Å²) in [4.78, 5) is 2.23. The average Bonchev–Trinajstić information content (AvgIpc) is 2.36. The van der Waals surface area contributed by atoms with Crippen LogP contribution in [0.3, 0.4) is 0 Å². The van der Waals surface area contributed by atoms with Crippen LogP contribution in [0.4, 0.5) is 0 Å². The summed E-state index contributed by atoms with van der Waals surface area (Å²) in [6, 6.07) is 0.550. The molecule has 1 aliphatic rings. The molecule has 1 rings (SSSR count). The number of nitrogens with zero attached hydrogens (tertiary/aromatic N) is 1. The molecule has 0 aromatic heterocycles. The zero-order valence-electron chi connectivity index (χ0n) is 11.1. The lowest BCUT2D eigenvalue weighted by Crippen LogP contribution is -2.41. The van der Waals surface area contributed by atoms with Gasteiger partial charge >= 0.3 is 0 Å². The minimum atomic E-state index is -0.393. The molecule has 0 radical (unpaired) electrons. The van der Waals surface area contributed by atoms with Crippen LogP contribution in [0.25, 0.3) is 0 Å². The predicted octanol–water partition coefficient (Wildman–Crippen LogP) is 0.867. The molecule has 4 heteroatoms. The van der Waals surface area contributed by atoms with Gasteiger partial charge < -0.3 is 19.8 Å². The second kappa shape index (κ2) is 8.03. The van der Waals surface area contributed by atoms with Crippen LogP contribution in [0.15, 0.2) is 0 Å². The van der Waals surface area contributed by atoms with Crippen molar-refractivity contribution in [3.8, 4) is 0 Å². The molecule has 1 unspecified atom stereocenters. The molecule has 0 aromatic rings. The highest BCUT2D eigenvalue weighted by atomic mass is 16.5. The third kappa shape index (κ3) is 5.34. The molecule has 102 valence electrons. The third-order valence-electron chi connectivity index (χ3n) is 3.71. The first kappa shape index (κ1) is 14.9. The van der Waals surface area contributed by atoms with Gasteiger partial charge in [-0.05, 0) is 45.6 Å². The number of hydrogen-bond acceptors (Lipinski definition) is 4. The zero-order valence-corrected chi connectivity index (χ0v) is 11.1. The molecular weight excluding hydrogens is 218 g/mol. The molecule has 1 fully saturated rings. The SMILES string of the molecule is CCOCC(O)CN(C)C1CCC(CO)CC1. The van der Waals surface area contributed by atoms with Gasteiger partial charge in [0.25, 0.3) is 0 Å². The Morgan fingerprint density at radius 1 is 1.29 bits per heavy atom. The maximum atomic E-state index is 9.77. The van der Waals surface area contributed by atoms with Crippen LogP contribution in [0.1, 0.15) is 32.6 Å². The van der Waals surface area contributed by atoms with Crippen LogP contribution >= 0.6 is 0 Å². The number of aliphatic hydroxyl groups excluding tert-OH is 2. The van der Waals surface area contributed by atoms with Gasteiger partial charge in [0.1, 0.15) is 0 Å². The molecule has 1 atom stereocenters. The van der Waals surface area contributed by atoms with E-state index in [-0.39, 0.29) is 0 Å². The molecule has 2 N–H and O–H groups in total. The topological polar surface area (TPSA) is 52.9 Å². The monoisotopic (exact) mass is 245 g/mol. The number of hydrogen-bond donors (Lipinski definition) is 2. The lowest BCUT2D eigenvalue weighted by atomic mass is 9.86. The minimum absolute atomic E-state index is 0.323. The molecule has 0 aromatic carbocycles. The Kier molecular flexibility index (Phi) is 7.04. The van der Waals surface area contributed by atoms with Crippen molar-refractivity contribution in [2.24, 2.45) is 5.92 Å². The van der Waals surface area contributed by atoms with E-state index in [2.05, 4.69) is 11.9 Å². The molecule has 0 saturated heterocycles. The molecule has 0 bridgehead atoms. The summed E-state index contributed by atoms with van der Waals surface area (Å²) in [5, 5.41) is 18.9. The van der Waals surface area contributed by atoms with Crippen molar-refractivity contribution < 1.29 is 14.9 Å². The van der Waals surface area contributed by atoms with E-state index in [9.17, 15) is 5.11 Å². The summed E-state index contributed by atoms with van der Waals surface area (Å²) in [7, 11) is 2.07. The van der Waals surface area contributed by atoms with Crippen LogP contribution in [0.5, 0.6) is 0 Å². The van der Waals surface area contributed by atoms with Crippen LogP contribution in [-0.4, -0.2) is 60.7 Å². The number of rotatable bonds is 7. The molecule has 1 aliphatic carbocycles. The molecule has 4 nitrogen and oxygen atoms in total. The second-order valence-electron chi connectivity index (χ2n) is 5.11. The highest BCUT2D eigenvalue weighted by Gasteiger charge is 2.24. The zero-order chi connectivity index (χ0) is 12.7. The first-order valence-electron chi connectivity index (χ1n) is 6.74. The summed E-state index contributed by atoms with van der Waals surface area (Å²) < 4.78 is 5.21. The predicted molar refractivity (Wildman–Crippen MR) is 68.0 cm³/mol. The van der Waals surface area contributed by atoms with Crippen molar-refractivity contribution in [2.75, 3.05) is 33.4 Å². The quantitative estimate of drug-likeness (QED) is 0.699. The summed E-state index contributed by atoms with van der Waals surface area (Å²) >= 11 is 0. The van der Waals surface area contributed by atoms with E-state index in [1.165, 1.54) is 0 Å². The maximum absolute atomic E-state index is 9.77. The second-order valence-corrected chi connectivity index (χ2v) is 5.11. The Morgan fingerprint density at radius 3 is 2.47 bits per heavy atom. The molecule has 0 amide bonds. The molecule has 0 aliphatic heterocycles. The van der Waals surface area contributed by atoms with Crippen molar-refractivity contribution in [3.63, 3.8) is 0 Å². The minimum Gasteiger partial charge on any atom is -0.396 e. The van der Waals surface area contributed by atoms with Gasteiger partial charge in [-0.3, -0.25) is 0 Å². The third-order valence-corrected chi connectivity index (χ3v) is 3.71. The highest BCUT2D eigenvalue weighted by Crippen LogP contribution is 2.26. The Balaban J connectivity index is 2.21. The van der Waals surface area contributed by atoms with Gasteiger partial charge in [0.05, 0.1) is 12.7 Å². The Labute approximate surface area is 105 Å². The van der Waals surface area contributed by atoms with E-state index in [1.54, 1.807) is 0 Å². The fourth-order valence-corrected chi connectivity index (χ4v) is 2.56. The van der Waals surface area contributed by atoms with Gasteiger partial charge in [-0.1, -0.05) is 0 Å². The number of aliphatic hydroxyl groups is 2. The normalized spacial score (nSPS) is 27.4. The smallest absolute Gasteiger partial charge is 0.0900 e. The van der Waals surface area contributed by atoms with Crippen molar-refractivity contribution in [3.05, 3.63) is 0 Å². The van der Waals surface area contributed by atoms with Crippen LogP contribution in [-0.2, 0) is 4.74 Å². The molecular formula is C13H27NO3. The van der Waals surface area contributed by atoms with Gasteiger partial charge in [0, 0.05) is 25.8 Å². The molecule has 0 heterocycles. The van der Waals surface area contributed by atoms with Gasteiger partial charge in [-0.25, -0.2) is 0 Å². The standard InChI is InChI=1S/C13H27NO3/c1-3-17-10-13(16)8-14(2)12-6-4-11(9-15)5-7-12/h11-13,15-16H,3-10H2,1-2H3. The fourth-order valence-electron chi connectivity index (χ4n) is 2.56. The molecule has 0 spiro atoms. The lowest BCUT2D eigenvalue weighted by Gasteiger charge is -2.35. The lowest BCUT2D eigenvalue weighted by molar-refractivity contribution is 0.0123. The average molecular weight is 245 g/mol. The van der Waals surface area contributed by atoms with E-state index in [0.29, 0.717) is 38.3 Å². The number of ether oxygens (including phenoxy) is 1. The fraction of sp³-hybridized carbons (Fsp3) is 1.00. The molecule has 17 heavy (non-hydrogen) atoms. The van der Waals surface area contributed by atoms with Crippen molar-refractivity contribution >= 4 is 0 Å². The Morgan fingerprint density at radius 2 is 1.94 bits per heavy atom. The largest absolute Gasteiger partial charge is 0.396 e. The van der Waals surface area contributed by atoms with Gasteiger partial charge in [0.15, 0.2) is 0 Å².